The van der Waals surface area contributed by atoms with Gasteiger partial charge in [0.25, 0.3) is 0 Å². The van der Waals surface area contributed by atoms with Gasteiger partial charge in [0, 0.05) is 11.7 Å². The third kappa shape index (κ3) is 1.70. The highest BCUT2D eigenvalue weighted by Crippen LogP contribution is 2.24. The van der Waals surface area contributed by atoms with Gasteiger partial charge in [-0.2, -0.15) is 0 Å². The van der Waals surface area contributed by atoms with Gasteiger partial charge < -0.3 is 5.32 Å². The van der Waals surface area contributed by atoms with Crippen molar-refractivity contribution in [3.63, 3.8) is 0 Å². The summed E-state index contributed by atoms with van der Waals surface area (Å²) in [4.78, 5) is 0. The third-order valence-corrected chi connectivity index (χ3v) is 1.77. The third-order valence-electron chi connectivity index (χ3n) is 1.77. The van der Waals surface area contributed by atoms with Crippen molar-refractivity contribution in [2.75, 3.05) is 5.32 Å². The van der Waals surface area contributed by atoms with E-state index < -0.39 is 0 Å². The molecule has 2 rings (SSSR count). The fourth-order valence-electron chi connectivity index (χ4n) is 1.04. The highest BCUT2D eigenvalue weighted by molar-refractivity contribution is 5.44. The Kier molecular flexibility index (Phi) is 1.53. The Labute approximate surface area is 65.2 Å². The van der Waals surface area contributed by atoms with Gasteiger partial charge in [-0.25, -0.2) is 4.39 Å². The summed E-state index contributed by atoms with van der Waals surface area (Å²) in [5.41, 5.74) is 0.896. The summed E-state index contributed by atoms with van der Waals surface area (Å²) < 4.78 is 12.6. The topological polar surface area (TPSA) is 12.0 Å². The second-order valence-electron chi connectivity index (χ2n) is 2.93. The SMILES string of the molecule is Fc1cccc(NC2CC2)c1. The normalized spacial score (nSPS) is 16.5. The van der Waals surface area contributed by atoms with Crippen LogP contribution in [0.2, 0.25) is 0 Å². The molecule has 11 heavy (non-hydrogen) atoms. The summed E-state index contributed by atoms with van der Waals surface area (Å²) in [5, 5.41) is 3.22. The number of benzene rings is 1. The molecular formula is C9H10FN. The molecule has 0 atom stereocenters. The maximum atomic E-state index is 12.6. The van der Waals surface area contributed by atoms with Crippen molar-refractivity contribution in [1.29, 1.82) is 0 Å². The van der Waals surface area contributed by atoms with Crippen molar-refractivity contribution in [2.45, 2.75) is 18.9 Å². The van der Waals surface area contributed by atoms with E-state index in [1.54, 1.807) is 6.07 Å². The number of halogens is 1. The number of hydrogen-bond acceptors (Lipinski definition) is 1. The van der Waals surface area contributed by atoms with Crippen LogP contribution in [0.1, 0.15) is 12.8 Å². The number of rotatable bonds is 2. The van der Waals surface area contributed by atoms with Crippen LogP contribution in [0.4, 0.5) is 10.1 Å². The summed E-state index contributed by atoms with van der Waals surface area (Å²) in [6.07, 6.45) is 2.44. The molecule has 1 aromatic rings. The quantitative estimate of drug-likeness (QED) is 0.684. The van der Waals surface area contributed by atoms with E-state index in [0.29, 0.717) is 6.04 Å². The predicted molar refractivity (Wildman–Crippen MR) is 43.0 cm³/mol. The minimum Gasteiger partial charge on any atom is -0.382 e. The zero-order valence-corrected chi connectivity index (χ0v) is 6.18. The molecule has 0 aromatic heterocycles. The second-order valence-corrected chi connectivity index (χ2v) is 2.93. The monoisotopic (exact) mass is 151 g/mol. The van der Waals surface area contributed by atoms with E-state index in [1.165, 1.54) is 25.0 Å². The lowest BCUT2D eigenvalue weighted by atomic mass is 10.3. The Morgan fingerprint density at radius 1 is 1.36 bits per heavy atom. The van der Waals surface area contributed by atoms with Gasteiger partial charge in [-0.1, -0.05) is 6.07 Å². The highest BCUT2D eigenvalue weighted by Gasteiger charge is 2.20. The Bertz CT molecular complexity index is 255. The van der Waals surface area contributed by atoms with Crippen LogP contribution < -0.4 is 5.32 Å². The van der Waals surface area contributed by atoms with Crippen LogP contribution in [0.15, 0.2) is 24.3 Å². The van der Waals surface area contributed by atoms with Crippen LogP contribution in [0.5, 0.6) is 0 Å². The van der Waals surface area contributed by atoms with Gasteiger partial charge in [-0.15, -0.1) is 0 Å². The molecule has 1 aliphatic rings. The van der Waals surface area contributed by atoms with E-state index in [4.69, 9.17) is 0 Å². The van der Waals surface area contributed by atoms with Crippen molar-refractivity contribution in [3.05, 3.63) is 30.1 Å². The number of anilines is 1. The molecular weight excluding hydrogens is 141 g/mol. The highest BCUT2D eigenvalue weighted by atomic mass is 19.1. The average Bonchev–Trinajstić information content (AvgIpc) is 2.71. The van der Waals surface area contributed by atoms with E-state index in [-0.39, 0.29) is 5.82 Å². The smallest absolute Gasteiger partial charge is 0.125 e. The molecule has 1 aliphatic carbocycles. The first-order chi connectivity index (χ1) is 5.34. The van der Waals surface area contributed by atoms with Crippen molar-refractivity contribution in [3.8, 4) is 0 Å². The van der Waals surface area contributed by atoms with Crippen LogP contribution in [0.25, 0.3) is 0 Å². The lowest BCUT2D eigenvalue weighted by molar-refractivity contribution is 0.628. The molecule has 1 aromatic carbocycles. The van der Waals surface area contributed by atoms with Crippen LogP contribution >= 0.6 is 0 Å². The van der Waals surface area contributed by atoms with Crippen molar-refractivity contribution < 1.29 is 4.39 Å². The molecule has 0 saturated heterocycles. The van der Waals surface area contributed by atoms with Crippen LogP contribution in [-0.2, 0) is 0 Å². The zero-order chi connectivity index (χ0) is 7.68. The molecule has 1 fully saturated rings. The van der Waals surface area contributed by atoms with Gasteiger partial charge in [-0.05, 0) is 31.0 Å². The summed E-state index contributed by atoms with van der Waals surface area (Å²) >= 11 is 0. The minimum absolute atomic E-state index is 0.171. The number of hydrogen-bond donors (Lipinski definition) is 1. The first-order valence-electron chi connectivity index (χ1n) is 3.87. The Morgan fingerprint density at radius 3 is 2.82 bits per heavy atom. The van der Waals surface area contributed by atoms with E-state index in [2.05, 4.69) is 5.32 Å². The molecule has 1 N–H and O–H groups in total. The standard InChI is InChI=1S/C9H10FN/c10-7-2-1-3-9(6-7)11-8-4-5-8/h1-3,6,8,11H,4-5H2. The van der Waals surface area contributed by atoms with Crippen molar-refractivity contribution in [1.82, 2.24) is 0 Å². The molecule has 0 amide bonds. The lowest BCUT2D eigenvalue weighted by Crippen LogP contribution is -2.00. The van der Waals surface area contributed by atoms with Gasteiger partial charge in [0.2, 0.25) is 0 Å². The molecule has 1 saturated carbocycles. The molecule has 0 aliphatic heterocycles. The number of nitrogens with one attached hydrogen (secondary N) is 1. The second kappa shape index (κ2) is 2.53. The van der Waals surface area contributed by atoms with Crippen LogP contribution in [0.3, 0.4) is 0 Å². The van der Waals surface area contributed by atoms with Crippen LogP contribution in [-0.4, -0.2) is 6.04 Å². The van der Waals surface area contributed by atoms with Gasteiger partial charge in [-0.3, -0.25) is 0 Å². The molecule has 0 radical (unpaired) electrons. The summed E-state index contributed by atoms with van der Waals surface area (Å²) in [7, 11) is 0. The maximum absolute atomic E-state index is 12.6. The summed E-state index contributed by atoms with van der Waals surface area (Å²) in [6, 6.07) is 7.19. The minimum atomic E-state index is -0.171. The van der Waals surface area contributed by atoms with Crippen LogP contribution in [0, 0.1) is 5.82 Å². The van der Waals surface area contributed by atoms with Gasteiger partial charge in [0.15, 0.2) is 0 Å². The fourth-order valence-corrected chi connectivity index (χ4v) is 1.04. The molecule has 0 unspecified atom stereocenters. The molecule has 0 spiro atoms. The lowest BCUT2D eigenvalue weighted by Gasteiger charge is -2.02. The Morgan fingerprint density at radius 2 is 2.18 bits per heavy atom. The Hall–Kier alpha value is -1.05. The first-order valence-corrected chi connectivity index (χ1v) is 3.87. The maximum Gasteiger partial charge on any atom is 0.125 e. The molecule has 58 valence electrons. The zero-order valence-electron chi connectivity index (χ0n) is 6.18. The van der Waals surface area contributed by atoms with Gasteiger partial charge >= 0.3 is 0 Å². The van der Waals surface area contributed by atoms with E-state index >= 15 is 0 Å². The van der Waals surface area contributed by atoms with E-state index in [0.717, 1.165) is 5.69 Å². The Balaban J connectivity index is 2.10. The predicted octanol–water partition coefficient (Wildman–Crippen LogP) is 2.40. The molecule has 2 heteroatoms. The van der Waals surface area contributed by atoms with E-state index in [9.17, 15) is 4.39 Å². The largest absolute Gasteiger partial charge is 0.382 e. The molecule has 1 nitrogen and oxygen atoms in total. The summed E-state index contributed by atoms with van der Waals surface area (Å²) in [5.74, 6) is -0.171. The summed E-state index contributed by atoms with van der Waals surface area (Å²) in [6.45, 7) is 0. The first kappa shape index (κ1) is 6.65. The molecule has 0 bridgehead atoms. The fraction of sp³-hybridized carbons (Fsp3) is 0.333. The average molecular weight is 151 g/mol. The molecule has 0 heterocycles. The van der Waals surface area contributed by atoms with Crippen molar-refractivity contribution >= 4 is 5.69 Å². The van der Waals surface area contributed by atoms with Crippen molar-refractivity contribution in [2.24, 2.45) is 0 Å². The van der Waals surface area contributed by atoms with Gasteiger partial charge in [0.1, 0.15) is 5.82 Å². The van der Waals surface area contributed by atoms with Gasteiger partial charge in [0.05, 0.1) is 0 Å². The van der Waals surface area contributed by atoms with E-state index in [1.807, 2.05) is 6.07 Å².